The van der Waals surface area contributed by atoms with Crippen molar-refractivity contribution in [2.45, 2.75) is 13.8 Å². The molecule has 0 amide bonds. The van der Waals surface area contributed by atoms with E-state index in [9.17, 15) is 0 Å². The largest absolute Gasteiger partial charge is 0.355 e. The molecule has 0 bridgehead atoms. The third-order valence-corrected chi connectivity index (χ3v) is 3.67. The molecular formula is C20H19N. The molecule has 0 unspecified atom stereocenters. The molecule has 0 spiro atoms. The summed E-state index contributed by atoms with van der Waals surface area (Å²) in [4.78, 5) is 0. The van der Waals surface area contributed by atoms with E-state index in [1.807, 2.05) is 0 Å². The Balaban J connectivity index is 2.03. The van der Waals surface area contributed by atoms with Gasteiger partial charge in [-0.15, -0.1) is 0 Å². The topological polar surface area (TPSA) is 12.0 Å². The van der Waals surface area contributed by atoms with Gasteiger partial charge in [-0.25, -0.2) is 0 Å². The maximum atomic E-state index is 3.54. The second kappa shape index (κ2) is 5.84. The first-order valence-electron chi connectivity index (χ1n) is 7.23. The van der Waals surface area contributed by atoms with Gasteiger partial charge >= 0.3 is 0 Å². The lowest BCUT2D eigenvalue weighted by Crippen LogP contribution is -1.95. The van der Waals surface area contributed by atoms with Gasteiger partial charge in [0.25, 0.3) is 0 Å². The Labute approximate surface area is 126 Å². The van der Waals surface area contributed by atoms with Gasteiger partial charge in [0, 0.05) is 16.9 Å². The summed E-state index contributed by atoms with van der Waals surface area (Å²) >= 11 is 0. The highest BCUT2D eigenvalue weighted by atomic mass is 14.9. The van der Waals surface area contributed by atoms with E-state index in [2.05, 4.69) is 92.0 Å². The van der Waals surface area contributed by atoms with Crippen LogP contribution in [0.25, 0.3) is 11.1 Å². The van der Waals surface area contributed by atoms with Gasteiger partial charge in [-0.05, 0) is 43.2 Å². The quantitative estimate of drug-likeness (QED) is 0.644. The van der Waals surface area contributed by atoms with Crippen LogP contribution < -0.4 is 5.32 Å². The van der Waals surface area contributed by atoms with Gasteiger partial charge in [-0.3, -0.25) is 0 Å². The maximum Gasteiger partial charge on any atom is 0.0466 e. The molecule has 0 fully saturated rings. The predicted octanol–water partition coefficient (Wildman–Crippen LogP) is 5.71. The van der Waals surface area contributed by atoms with Crippen molar-refractivity contribution in [3.8, 4) is 11.1 Å². The Morgan fingerprint density at radius 3 is 2.10 bits per heavy atom. The number of benzene rings is 3. The third-order valence-electron chi connectivity index (χ3n) is 3.67. The van der Waals surface area contributed by atoms with Crippen LogP contribution in [0.3, 0.4) is 0 Å². The van der Waals surface area contributed by atoms with E-state index in [0.717, 1.165) is 11.4 Å². The third kappa shape index (κ3) is 2.97. The summed E-state index contributed by atoms with van der Waals surface area (Å²) in [5.74, 6) is 0. The summed E-state index contributed by atoms with van der Waals surface area (Å²) in [6, 6.07) is 25.4. The van der Waals surface area contributed by atoms with Gasteiger partial charge in [0.15, 0.2) is 0 Å². The van der Waals surface area contributed by atoms with Crippen LogP contribution in [0.1, 0.15) is 11.1 Å². The van der Waals surface area contributed by atoms with Crippen LogP contribution >= 0.6 is 0 Å². The summed E-state index contributed by atoms with van der Waals surface area (Å²) in [6.45, 7) is 4.26. The molecule has 104 valence electrons. The lowest BCUT2D eigenvalue weighted by Gasteiger charge is -2.15. The van der Waals surface area contributed by atoms with E-state index in [1.54, 1.807) is 0 Å². The van der Waals surface area contributed by atoms with Gasteiger partial charge in [0.1, 0.15) is 0 Å². The zero-order valence-electron chi connectivity index (χ0n) is 12.4. The molecule has 3 rings (SSSR count). The van der Waals surface area contributed by atoms with Crippen LogP contribution in [0.4, 0.5) is 11.4 Å². The molecule has 0 saturated carbocycles. The fourth-order valence-electron chi connectivity index (χ4n) is 2.55. The summed E-state index contributed by atoms with van der Waals surface area (Å²) in [6.07, 6.45) is 0. The molecule has 0 aromatic heterocycles. The van der Waals surface area contributed by atoms with Crippen molar-refractivity contribution >= 4 is 11.4 Å². The molecule has 1 nitrogen and oxygen atoms in total. The van der Waals surface area contributed by atoms with E-state index >= 15 is 0 Å². The van der Waals surface area contributed by atoms with E-state index in [1.165, 1.54) is 22.3 Å². The fourth-order valence-corrected chi connectivity index (χ4v) is 2.55. The highest BCUT2D eigenvalue weighted by Crippen LogP contribution is 2.33. The molecule has 0 radical (unpaired) electrons. The Morgan fingerprint density at radius 2 is 1.38 bits per heavy atom. The number of anilines is 2. The van der Waals surface area contributed by atoms with Gasteiger partial charge in [0.05, 0.1) is 0 Å². The van der Waals surface area contributed by atoms with E-state index in [0.29, 0.717) is 0 Å². The van der Waals surface area contributed by atoms with Crippen LogP contribution in [-0.4, -0.2) is 0 Å². The number of hydrogen-bond donors (Lipinski definition) is 1. The Hall–Kier alpha value is -2.54. The minimum atomic E-state index is 1.11. The lowest BCUT2D eigenvalue weighted by molar-refractivity contribution is 1.42. The predicted molar refractivity (Wildman–Crippen MR) is 91.1 cm³/mol. The van der Waals surface area contributed by atoms with Crippen molar-refractivity contribution < 1.29 is 0 Å². The van der Waals surface area contributed by atoms with Crippen LogP contribution in [-0.2, 0) is 0 Å². The molecule has 0 aliphatic rings. The van der Waals surface area contributed by atoms with E-state index < -0.39 is 0 Å². The summed E-state index contributed by atoms with van der Waals surface area (Å²) in [7, 11) is 0. The lowest BCUT2D eigenvalue weighted by atomic mass is 9.98. The van der Waals surface area contributed by atoms with E-state index in [-0.39, 0.29) is 0 Å². The number of hydrogen-bond acceptors (Lipinski definition) is 1. The van der Waals surface area contributed by atoms with E-state index in [4.69, 9.17) is 0 Å². The number of rotatable bonds is 3. The fraction of sp³-hybridized carbons (Fsp3) is 0.100. The normalized spacial score (nSPS) is 10.4. The molecule has 0 saturated heterocycles. The van der Waals surface area contributed by atoms with Crippen LogP contribution in [0.2, 0.25) is 0 Å². The Kier molecular flexibility index (Phi) is 3.74. The van der Waals surface area contributed by atoms with Crippen molar-refractivity contribution in [2.75, 3.05) is 5.32 Å². The standard InChI is InChI=1S/C20H19N/c1-15-11-13-18(14-12-15)21-19-10-6-7-16(2)20(19)17-8-4-3-5-9-17/h3-14,21H,1-2H3. The average Bonchev–Trinajstić information content (AvgIpc) is 2.51. The molecule has 0 atom stereocenters. The van der Waals surface area contributed by atoms with Crippen molar-refractivity contribution in [1.82, 2.24) is 0 Å². The molecule has 0 heterocycles. The monoisotopic (exact) mass is 273 g/mol. The first-order valence-corrected chi connectivity index (χ1v) is 7.23. The molecule has 3 aromatic carbocycles. The molecular weight excluding hydrogens is 254 g/mol. The van der Waals surface area contributed by atoms with Crippen molar-refractivity contribution in [1.29, 1.82) is 0 Å². The van der Waals surface area contributed by atoms with Crippen molar-refractivity contribution in [3.05, 3.63) is 83.9 Å². The van der Waals surface area contributed by atoms with Crippen LogP contribution in [0.5, 0.6) is 0 Å². The van der Waals surface area contributed by atoms with Gasteiger partial charge in [-0.1, -0.05) is 60.2 Å². The molecule has 0 aliphatic heterocycles. The zero-order chi connectivity index (χ0) is 14.7. The van der Waals surface area contributed by atoms with Crippen molar-refractivity contribution in [3.63, 3.8) is 0 Å². The van der Waals surface area contributed by atoms with Crippen LogP contribution in [0.15, 0.2) is 72.8 Å². The molecule has 0 aliphatic carbocycles. The summed E-state index contributed by atoms with van der Waals surface area (Å²) < 4.78 is 0. The number of aryl methyl sites for hydroxylation is 2. The zero-order valence-corrected chi connectivity index (χ0v) is 12.4. The first-order chi connectivity index (χ1) is 10.2. The SMILES string of the molecule is Cc1ccc(Nc2cccc(C)c2-c2ccccc2)cc1. The molecule has 3 aromatic rings. The summed E-state index contributed by atoms with van der Waals surface area (Å²) in [5, 5.41) is 3.54. The maximum absolute atomic E-state index is 3.54. The highest BCUT2D eigenvalue weighted by Gasteiger charge is 2.08. The Morgan fingerprint density at radius 1 is 0.667 bits per heavy atom. The minimum absolute atomic E-state index is 1.11. The molecule has 1 N–H and O–H groups in total. The average molecular weight is 273 g/mol. The first kappa shape index (κ1) is 13.4. The van der Waals surface area contributed by atoms with Crippen LogP contribution in [0, 0.1) is 13.8 Å². The molecule has 21 heavy (non-hydrogen) atoms. The second-order valence-electron chi connectivity index (χ2n) is 5.35. The highest BCUT2D eigenvalue weighted by molar-refractivity contribution is 5.83. The number of nitrogens with one attached hydrogen (secondary N) is 1. The van der Waals surface area contributed by atoms with Gasteiger partial charge < -0.3 is 5.32 Å². The smallest absolute Gasteiger partial charge is 0.0466 e. The second-order valence-corrected chi connectivity index (χ2v) is 5.35. The minimum Gasteiger partial charge on any atom is -0.355 e. The summed E-state index contributed by atoms with van der Waals surface area (Å²) in [5.41, 5.74) is 7.31. The van der Waals surface area contributed by atoms with Gasteiger partial charge in [0.2, 0.25) is 0 Å². The van der Waals surface area contributed by atoms with Gasteiger partial charge in [-0.2, -0.15) is 0 Å². The Bertz CT molecular complexity index is 728. The molecule has 1 heteroatoms. The van der Waals surface area contributed by atoms with Crippen molar-refractivity contribution in [2.24, 2.45) is 0 Å².